The van der Waals surface area contributed by atoms with E-state index < -0.39 is 0 Å². The van der Waals surface area contributed by atoms with Gasteiger partial charge in [-0.1, -0.05) is 17.7 Å². The molecule has 0 aliphatic heterocycles. The zero-order valence-corrected chi connectivity index (χ0v) is 14.5. The standard InChI is InChI=1S/C20H23NO3/c1-14(2)7-9-16-18(22)12-15(13-20(16)24-4)8-10-17-19(23-3)6-5-11-21-17/h5-8,10-13,22H,9H2,1-4H3/b10-8+. The second kappa shape index (κ2) is 8.20. The lowest BCUT2D eigenvalue weighted by Crippen LogP contribution is -1.93. The van der Waals surface area contributed by atoms with E-state index in [9.17, 15) is 5.11 Å². The Hall–Kier alpha value is -2.75. The van der Waals surface area contributed by atoms with Crippen molar-refractivity contribution >= 4 is 12.2 Å². The Morgan fingerprint density at radius 2 is 1.88 bits per heavy atom. The number of phenols is 1. The number of benzene rings is 1. The number of ether oxygens (including phenoxy) is 2. The van der Waals surface area contributed by atoms with Gasteiger partial charge < -0.3 is 14.6 Å². The van der Waals surface area contributed by atoms with E-state index in [1.807, 2.05) is 44.2 Å². The third kappa shape index (κ3) is 4.38. The number of rotatable bonds is 6. The summed E-state index contributed by atoms with van der Waals surface area (Å²) >= 11 is 0. The summed E-state index contributed by atoms with van der Waals surface area (Å²) < 4.78 is 10.7. The molecule has 0 spiro atoms. The van der Waals surface area contributed by atoms with Crippen LogP contribution in [0.15, 0.2) is 42.1 Å². The SMILES string of the molecule is COc1cccnc1/C=C/c1cc(O)c(CC=C(C)C)c(OC)c1. The van der Waals surface area contributed by atoms with Crippen molar-refractivity contribution in [3.8, 4) is 17.2 Å². The van der Waals surface area contributed by atoms with Gasteiger partial charge in [0.2, 0.25) is 0 Å². The zero-order chi connectivity index (χ0) is 17.5. The van der Waals surface area contributed by atoms with Crippen LogP contribution in [0, 0.1) is 0 Å². The lowest BCUT2D eigenvalue weighted by Gasteiger charge is -2.11. The van der Waals surface area contributed by atoms with Crippen molar-refractivity contribution in [2.75, 3.05) is 14.2 Å². The van der Waals surface area contributed by atoms with Gasteiger partial charge in [-0.15, -0.1) is 0 Å². The Bertz CT molecular complexity index is 759. The average molecular weight is 325 g/mol. The topological polar surface area (TPSA) is 51.6 Å². The van der Waals surface area contributed by atoms with E-state index in [0.29, 0.717) is 17.9 Å². The van der Waals surface area contributed by atoms with Gasteiger partial charge >= 0.3 is 0 Å². The average Bonchev–Trinajstić information content (AvgIpc) is 2.58. The van der Waals surface area contributed by atoms with Crippen LogP contribution >= 0.6 is 0 Å². The van der Waals surface area contributed by atoms with E-state index in [1.54, 1.807) is 26.5 Å². The first kappa shape index (κ1) is 17.6. The Balaban J connectivity index is 2.33. The molecule has 2 aromatic rings. The fraction of sp³-hybridized carbons (Fsp3) is 0.250. The Kier molecular flexibility index (Phi) is 6.01. The summed E-state index contributed by atoms with van der Waals surface area (Å²) in [7, 11) is 3.22. The van der Waals surface area contributed by atoms with Crippen LogP contribution in [0.3, 0.4) is 0 Å². The van der Waals surface area contributed by atoms with E-state index in [1.165, 1.54) is 5.57 Å². The van der Waals surface area contributed by atoms with Crippen molar-refractivity contribution in [3.05, 3.63) is 58.9 Å². The van der Waals surface area contributed by atoms with Gasteiger partial charge in [-0.3, -0.25) is 4.98 Å². The Labute approximate surface area is 143 Å². The number of hydrogen-bond donors (Lipinski definition) is 1. The number of aromatic nitrogens is 1. The molecule has 0 amide bonds. The molecule has 2 rings (SSSR count). The largest absolute Gasteiger partial charge is 0.507 e. The summed E-state index contributed by atoms with van der Waals surface area (Å²) in [6.45, 7) is 4.06. The van der Waals surface area contributed by atoms with E-state index >= 15 is 0 Å². The first-order valence-electron chi connectivity index (χ1n) is 7.75. The van der Waals surface area contributed by atoms with Crippen LogP contribution in [0.2, 0.25) is 0 Å². The van der Waals surface area contributed by atoms with Crippen molar-refractivity contribution < 1.29 is 14.6 Å². The van der Waals surface area contributed by atoms with Crippen LogP contribution < -0.4 is 9.47 Å². The first-order chi connectivity index (χ1) is 11.5. The van der Waals surface area contributed by atoms with Crippen LogP contribution in [0.5, 0.6) is 17.2 Å². The van der Waals surface area contributed by atoms with Crippen LogP contribution in [0.25, 0.3) is 12.2 Å². The third-order valence-corrected chi connectivity index (χ3v) is 3.60. The van der Waals surface area contributed by atoms with Gasteiger partial charge in [0, 0.05) is 11.8 Å². The fourth-order valence-corrected chi connectivity index (χ4v) is 2.32. The highest BCUT2D eigenvalue weighted by Gasteiger charge is 2.09. The van der Waals surface area contributed by atoms with Gasteiger partial charge in [0.25, 0.3) is 0 Å². The smallest absolute Gasteiger partial charge is 0.144 e. The molecule has 0 fully saturated rings. The summed E-state index contributed by atoms with van der Waals surface area (Å²) in [4.78, 5) is 4.28. The van der Waals surface area contributed by atoms with Gasteiger partial charge in [-0.25, -0.2) is 0 Å². The van der Waals surface area contributed by atoms with Crippen molar-refractivity contribution in [1.82, 2.24) is 4.98 Å². The molecule has 0 aliphatic rings. The van der Waals surface area contributed by atoms with E-state index in [2.05, 4.69) is 11.1 Å². The number of nitrogens with zero attached hydrogens (tertiary/aromatic N) is 1. The maximum absolute atomic E-state index is 10.3. The lowest BCUT2D eigenvalue weighted by molar-refractivity contribution is 0.401. The summed E-state index contributed by atoms with van der Waals surface area (Å²) in [6, 6.07) is 7.30. The summed E-state index contributed by atoms with van der Waals surface area (Å²) in [5.74, 6) is 1.59. The fourth-order valence-electron chi connectivity index (χ4n) is 2.32. The maximum Gasteiger partial charge on any atom is 0.144 e. The van der Waals surface area contributed by atoms with Crippen molar-refractivity contribution in [2.45, 2.75) is 20.3 Å². The van der Waals surface area contributed by atoms with Crippen LogP contribution in [-0.2, 0) is 6.42 Å². The molecule has 0 saturated carbocycles. The van der Waals surface area contributed by atoms with Gasteiger partial charge in [-0.05, 0) is 56.2 Å². The molecule has 24 heavy (non-hydrogen) atoms. The first-order valence-corrected chi connectivity index (χ1v) is 7.75. The van der Waals surface area contributed by atoms with Crippen molar-refractivity contribution in [3.63, 3.8) is 0 Å². The van der Waals surface area contributed by atoms with Crippen molar-refractivity contribution in [1.29, 1.82) is 0 Å². The monoisotopic (exact) mass is 325 g/mol. The van der Waals surface area contributed by atoms with Crippen molar-refractivity contribution in [2.24, 2.45) is 0 Å². The highest BCUT2D eigenvalue weighted by atomic mass is 16.5. The zero-order valence-electron chi connectivity index (χ0n) is 14.5. The minimum Gasteiger partial charge on any atom is -0.507 e. The summed E-state index contributed by atoms with van der Waals surface area (Å²) in [5, 5.41) is 10.3. The molecule has 0 atom stereocenters. The molecule has 0 radical (unpaired) electrons. The molecule has 1 heterocycles. The van der Waals surface area contributed by atoms with E-state index in [0.717, 1.165) is 16.8 Å². The normalized spacial score (nSPS) is 10.7. The minimum atomic E-state index is 0.222. The predicted octanol–water partition coefficient (Wildman–Crippen LogP) is 4.48. The third-order valence-electron chi connectivity index (χ3n) is 3.60. The summed E-state index contributed by atoms with van der Waals surface area (Å²) in [6.07, 6.45) is 8.13. The van der Waals surface area contributed by atoms with Gasteiger partial charge in [0.15, 0.2) is 0 Å². The predicted molar refractivity (Wildman–Crippen MR) is 97.5 cm³/mol. The van der Waals surface area contributed by atoms with Crippen LogP contribution in [0.4, 0.5) is 0 Å². The molecule has 126 valence electrons. The second-order valence-electron chi connectivity index (χ2n) is 5.63. The van der Waals surface area contributed by atoms with Gasteiger partial charge in [0.05, 0.1) is 14.2 Å². The Morgan fingerprint density at radius 3 is 2.54 bits per heavy atom. The van der Waals surface area contributed by atoms with E-state index in [-0.39, 0.29) is 5.75 Å². The summed E-state index contributed by atoms with van der Waals surface area (Å²) in [5.41, 5.74) is 3.54. The number of allylic oxidation sites excluding steroid dienone is 2. The molecule has 0 bridgehead atoms. The van der Waals surface area contributed by atoms with Crippen LogP contribution in [0.1, 0.15) is 30.7 Å². The molecular formula is C20H23NO3. The molecule has 1 aromatic heterocycles. The molecule has 4 heteroatoms. The van der Waals surface area contributed by atoms with E-state index in [4.69, 9.17) is 9.47 Å². The van der Waals surface area contributed by atoms with Crippen LogP contribution in [-0.4, -0.2) is 24.3 Å². The number of phenolic OH excluding ortho intramolecular Hbond substituents is 1. The molecule has 4 nitrogen and oxygen atoms in total. The molecule has 1 aromatic carbocycles. The Morgan fingerprint density at radius 1 is 1.12 bits per heavy atom. The lowest BCUT2D eigenvalue weighted by atomic mass is 10.0. The number of pyridine rings is 1. The highest BCUT2D eigenvalue weighted by molar-refractivity contribution is 5.72. The molecular weight excluding hydrogens is 302 g/mol. The second-order valence-corrected chi connectivity index (χ2v) is 5.63. The quantitative estimate of drug-likeness (QED) is 0.795. The van der Waals surface area contributed by atoms with Gasteiger partial charge in [-0.2, -0.15) is 0 Å². The highest BCUT2D eigenvalue weighted by Crippen LogP contribution is 2.31. The molecule has 0 saturated heterocycles. The molecule has 1 N–H and O–H groups in total. The van der Waals surface area contributed by atoms with Gasteiger partial charge in [0.1, 0.15) is 22.9 Å². The number of hydrogen-bond acceptors (Lipinski definition) is 4. The molecule has 0 unspecified atom stereocenters. The number of methoxy groups -OCH3 is 2. The maximum atomic E-state index is 10.3. The minimum absolute atomic E-state index is 0.222. The number of aromatic hydroxyl groups is 1. The molecule has 0 aliphatic carbocycles.